The summed E-state index contributed by atoms with van der Waals surface area (Å²) in [5.74, 6) is -2.00. The van der Waals surface area contributed by atoms with Gasteiger partial charge in [0.15, 0.2) is 18.2 Å². The van der Waals surface area contributed by atoms with Crippen molar-refractivity contribution in [2.45, 2.75) is 30.9 Å². The smallest absolute Gasteiger partial charge is 0.258 e. The van der Waals surface area contributed by atoms with Crippen LogP contribution in [0.1, 0.15) is 19.3 Å². The first-order valence-corrected chi connectivity index (χ1v) is 7.65. The Morgan fingerprint density at radius 2 is 2.26 bits per heavy atom. The molecule has 0 aliphatic carbocycles. The van der Waals surface area contributed by atoms with Gasteiger partial charge in [-0.3, -0.25) is 4.79 Å². The average Bonchev–Trinajstić information content (AvgIpc) is 2.94. The van der Waals surface area contributed by atoms with Crippen LogP contribution in [0.15, 0.2) is 18.2 Å². The Balaban J connectivity index is 1.49. The van der Waals surface area contributed by atoms with Crippen molar-refractivity contribution in [3.05, 3.63) is 29.8 Å². The molecule has 1 N–H and O–H groups in total. The fourth-order valence-electron chi connectivity index (χ4n) is 3.02. The maximum atomic E-state index is 13.4. The lowest BCUT2D eigenvalue weighted by Crippen LogP contribution is -2.49. The van der Waals surface area contributed by atoms with Crippen LogP contribution in [0.25, 0.3) is 0 Å². The van der Waals surface area contributed by atoms with Gasteiger partial charge in [0.2, 0.25) is 0 Å². The number of hydrogen-bond donors (Lipinski definition) is 1. The molecule has 23 heavy (non-hydrogen) atoms. The normalized spacial score (nSPS) is 27.1. The zero-order chi connectivity index (χ0) is 16.3. The molecule has 0 bridgehead atoms. The van der Waals surface area contributed by atoms with Gasteiger partial charge in [0.05, 0.1) is 12.2 Å². The van der Waals surface area contributed by atoms with E-state index in [2.05, 4.69) is 5.32 Å². The highest BCUT2D eigenvalue weighted by molar-refractivity contribution is 5.77. The fraction of sp³-hybridized carbons (Fsp3) is 0.562. The van der Waals surface area contributed by atoms with Crippen molar-refractivity contribution in [2.75, 3.05) is 26.4 Å². The largest absolute Gasteiger partial charge is 0.481 e. The average molecular weight is 327 g/mol. The minimum atomic E-state index is -0.828. The molecule has 2 atom stereocenters. The van der Waals surface area contributed by atoms with Crippen LogP contribution in [0.4, 0.5) is 8.78 Å². The van der Waals surface area contributed by atoms with Crippen LogP contribution in [-0.4, -0.2) is 44.0 Å². The van der Waals surface area contributed by atoms with Gasteiger partial charge >= 0.3 is 0 Å². The topological polar surface area (TPSA) is 56.8 Å². The highest BCUT2D eigenvalue weighted by atomic mass is 19.1. The minimum Gasteiger partial charge on any atom is -0.481 e. The maximum Gasteiger partial charge on any atom is 0.258 e. The molecule has 2 fully saturated rings. The van der Waals surface area contributed by atoms with Crippen molar-refractivity contribution in [3.8, 4) is 5.75 Å². The number of rotatable bonds is 4. The van der Waals surface area contributed by atoms with E-state index in [-0.39, 0.29) is 29.9 Å². The number of carbonyl (C=O) groups is 1. The van der Waals surface area contributed by atoms with Crippen molar-refractivity contribution < 1.29 is 27.8 Å². The zero-order valence-corrected chi connectivity index (χ0v) is 12.6. The Labute approximate surface area is 132 Å². The summed E-state index contributed by atoms with van der Waals surface area (Å²) in [7, 11) is 0. The van der Waals surface area contributed by atoms with Crippen LogP contribution >= 0.6 is 0 Å². The SMILES string of the molecule is O=C(COc1ccc(F)cc1F)N[C@H]1CCO[C@@]2(CCOC2)C1. The summed E-state index contributed by atoms with van der Waals surface area (Å²) < 4.78 is 42.5. The van der Waals surface area contributed by atoms with Crippen LogP contribution in [0.5, 0.6) is 5.75 Å². The molecule has 2 saturated heterocycles. The number of halogens is 2. The van der Waals surface area contributed by atoms with E-state index in [1.54, 1.807) is 0 Å². The quantitative estimate of drug-likeness (QED) is 0.916. The monoisotopic (exact) mass is 327 g/mol. The van der Waals surface area contributed by atoms with Gasteiger partial charge in [-0.15, -0.1) is 0 Å². The molecule has 0 aromatic heterocycles. The third-order valence-electron chi connectivity index (χ3n) is 4.18. The van der Waals surface area contributed by atoms with Crippen LogP contribution < -0.4 is 10.1 Å². The van der Waals surface area contributed by atoms with Crippen LogP contribution in [0.2, 0.25) is 0 Å². The number of benzene rings is 1. The van der Waals surface area contributed by atoms with Gasteiger partial charge < -0.3 is 19.5 Å². The predicted molar refractivity (Wildman–Crippen MR) is 77.1 cm³/mol. The summed E-state index contributed by atoms with van der Waals surface area (Å²) in [4.78, 5) is 12.0. The van der Waals surface area contributed by atoms with E-state index in [0.717, 1.165) is 31.0 Å². The molecule has 0 saturated carbocycles. The van der Waals surface area contributed by atoms with E-state index in [1.165, 1.54) is 0 Å². The van der Waals surface area contributed by atoms with Gasteiger partial charge in [-0.05, 0) is 25.0 Å². The summed E-state index contributed by atoms with van der Waals surface area (Å²) in [5.41, 5.74) is -0.292. The van der Waals surface area contributed by atoms with Crippen molar-refractivity contribution in [1.82, 2.24) is 5.32 Å². The number of hydrogen-bond acceptors (Lipinski definition) is 4. The number of carbonyl (C=O) groups excluding carboxylic acids is 1. The van der Waals surface area contributed by atoms with E-state index in [9.17, 15) is 13.6 Å². The van der Waals surface area contributed by atoms with Gasteiger partial charge in [-0.25, -0.2) is 8.78 Å². The number of ether oxygens (including phenoxy) is 3. The second kappa shape index (κ2) is 6.80. The minimum absolute atomic E-state index is 0.0142. The van der Waals surface area contributed by atoms with E-state index in [1.807, 2.05) is 0 Å². The van der Waals surface area contributed by atoms with Crippen LogP contribution in [0, 0.1) is 11.6 Å². The van der Waals surface area contributed by atoms with E-state index in [0.29, 0.717) is 26.2 Å². The Hall–Kier alpha value is -1.73. The molecule has 1 spiro atoms. The lowest BCUT2D eigenvalue weighted by Gasteiger charge is -2.37. The third kappa shape index (κ3) is 3.97. The Morgan fingerprint density at radius 1 is 1.39 bits per heavy atom. The zero-order valence-electron chi connectivity index (χ0n) is 12.6. The molecular weight excluding hydrogens is 308 g/mol. The second-order valence-corrected chi connectivity index (χ2v) is 5.95. The summed E-state index contributed by atoms with van der Waals surface area (Å²) in [5, 5.41) is 2.88. The summed E-state index contributed by atoms with van der Waals surface area (Å²) in [6.07, 6.45) is 2.25. The van der Waals surface area contributed by atoms with Crippen molar-refractivity contribution in [1.29, 1.82) is 0 Å². The van der Waals surface area contributed by atoms with Crippen molar-refractivity contribution in [2.24, 2.45) is 0 Å². The molecule has 2 aliphatic heterocycles. The van der Waals surface area contributed by atoms with Gasteiger partial charge in [0, 0.05) is 31.7 Å². The second-order valence-electron chi connectivity index (χ2n) is 5.95. The number of nitrogens with one attached hydrogen (secondary N) is 1. The molecule has 5 nitrogen and oxygen atoms in total. The fourth-order valence-corrected chi connectivity index (χ4v) is 3.02. The first kappa shape index (κ1) is 16.1. The van der Waals surface area contributed by atoms with Gasteiger partial charge in [-0.2, -0.15) is 0 Å². The van der Waals surface area contributed by atoms with Gasteiger partial charge in [-0.1, -0.05) is 0 Å². The van der Waals surface area contributed by atoms with E-state index < -0.39 is 11.6 Å². The van der Waals surface area contributed by atoms with Crippen molar-refractivity contribution >= 4 is 5.91 Å². The lowest BCUT2D eigenvalue weighted by atomic mass is 9.90. The first-order chi connectivity index (χ1) is 11.1. The lowest BCUT2D eigenvalue weighted by molar-refractivity contribution is -0.127. The predicted octanol–water partition coefficient (Wildman–Crippen LogP) is 1.80. The Kier molecular flexibility index (Phi) is 4.77. The molecule has 2 aliphatic rings. The molecule has 1 aromatic carbocycles. The molecule has 2 heterocycles. The molecule has 7 heteroatoms. The van der Waals surface area contributed by atoms with Crippen LogP contribution in [-0.2, 0) is 14.3 Å². The van der Waals surface area contributed by atoms with Gasteiger partial charge in [0.25, 0.3) is 5.91 Å². The highest BCUT2D eigenvalue weighted by Crippen LogP contribution is 2.32. The molecule has 126 valence electrons. The molecule has 0 radical (unpaired) electrons. The molecule has 0 unspecified atom stereocenters. The van der Waals surface area contributed by atoms with E-state index >= 15 is 0 Å². The molecular formula is C16H19F2NO4. The number of amides is 1. The van der Waals surface area contributed by atoms with Crippen LogP contribution in [0.3, 0.4) is 0 Å². The molecule has 1 aromatic rings. The summed E-state index contributed by atoms with van der Waals surface area (Å²) >= 11 is 0. The van der Waals surface area contributed by atoms with Crippen molar-refractivity contribution in [3.63, 3.8) is 0 Å². The molecule has 3 rings (SSSR count). The summed E-state index contributed by atoms with van der Waals surface area (Å²) in [6, 6.07) is 2.95. The standard InChI is InChI=1S/C16H19F2NO4/c17-11-1-2-14(13(18)7-11)22-9-15(20)19-12-3-5-23-16(8-12)4-6-21-10-16/h1-2,7,12H,3-6,8-10H2,(H,19,20)/t12-,16-/m0/s1. The molecule has 1 amide bonds. The Morgan fingerprint density at radius 3 is 3.00 bits per heavy atom. The third-order valence-corrected chi connectivity index (χ3v) is 4.18. The van der Waals surface area contributed by atoms with Gasteiger partial charge in [0.1, 0.15) is 5.82 Å². The summed E-state index contributed by atoms with van der Waals surface area (Å²) in [6.45, 7) is 1.48. The maximum absolute atomic E-state index is 13.4. The first-order valence-electron chi connectivity index (χ1n) is 7.65. The van der Waals surface area contributed by atoms with E-state index in [4.69, 9.17) is 14.2 Å². The Bertz CT molecular complexity index is 575. The highest BCUT2D eigenvalue weighted by Gasteiger charge is 2.41.